The number of allylic oxidation sites excluding steroid dienone is 4. The SMILES string of the molecule is CC/C=C\CCCCOC(CCC(=O)OCCCN(C(=O)CCCCCCCC(=O)OCC(CCCC)CCCCCC)C(CCCCCCCC)C(=O)NCCN(CC)CC)OCCCC/C=C\CC. The molecular weight excluding hydrogens is 891 g/mol. The number of nitrogens with one attached hydrogen (secondary N) is 1. The molecule has 0 aromatic rings. The van der Waals surface area contributed by atoms with Gasteiger partial charge in [0.15, 0.2) is 6.29 Å². The normalized spacial score (nSPS) is 12.6. The van der Waals surface area contributed by atoms with Gasteiger partial charge in [-0.1, -0.05) is 169 Å². The highest BCUT2D eigenvalue weighted by atomic mass is 16.7. The summed E-state index contributed by atoms with van der Waals surface area (Å²) in [6.07, 6.45) is 39.3. The van der Waals surface area contributed by atoms with Gasteiger partial charge in [-0.15, -0.1) is 0 Å². The number of hydrogen-bond donors (Lipinski definition) is 1. The Bertz CT molecular complexity index is 1270. The highest BCUT2D eigenvalue weighted by molar-refractivity contribution is 5.87. The Hall–Kier alpha value is -2.76. The molecule has 71 heavy (non-hydrogen) atoms. The van der Waals surface area contributed by atoms with Crippen molar-refractivity contribution in [3.63, 3.8) is 0 Å². The molecule has 0 fully saturated rings. The molecule has 416 valence electrons. The van der Waals surface area contributed by atoms with Gasteiger partial charge in [-0.05, 0) is 109 Å². The van der Waals surface area contributed by atoms with Crippen LogP contribution in [0.3, 0.4) is 0 Å². The van der Waals surface area contributed by atoms with Crippen molar-refractivity contribution in [1.82, 2.24) is 15.1 Å². The second-order valence-electron chi connectivity index (χ2n) is 19.8. The van der Waals surface area contributed by atoms with Gasteiger partial charge in [-0.3, -0.25) is 19.2 Å². The Kier molecular flexibility index (Phi) is 50.1. The number of unbranched alkanes of at least 4 members (excludes halogenated alkanes) is 17. The van der Waals surface area contributed by atoms with Crippen LogP contribution in [-0.2, 0) is 38.1 Å². The molecule has 0 aliphatic heterocycles. The van der Waals surface area contributed by atoms with E-state index in [1.165, 1.54) is 51.4 Å². The summed E-state index contributed by atoms with van der Waals surface area (Å²) in [7, 11) is 0. The first-order valence-electron chi connectivity index (χ1n) is 29.8. The molecule has 0 bridgehead atoms. The van der Waals surface area contributed by atoms with Crippen molar-refractivity contribution in [3.8, 4) is 0 Å². The minimum atomic E-state index is -0.578. The fourth-order valence-corrected chi connectivity index (χ4v) is 8.83. The summed E-state index contributed by atoms with van der Waals surface area (Å²) in [5.74, 6) is -0.0651. The van der Waals surface area contributed by atoms with Crippen LogP contribution >= 0.6 is 0 Å². The van der Waals surface area contributed by atoms with E-state index >= 15 is 0 Å². The summed E-state index contributed by atoms with van der Waals surface area (Å²) in [5, 5.41) is 3.18. The van der Waals surface area contributed by atoms with Crippen LogP contribution in [0.25, 0.3) is 0 Å². The van der Waals surface area contributed by atoms with E-state index in [1.807, 2.05) is 0 Å². The van der Waals surface area contributed by atoms with Crippen LogP contribution in [0.2, 0.25) is 0 Å². The minimum Gasteiger partial charge on any atom is -0.466 e. The molecule has 2 unspecified atom stereocenters. The summed E-state index contributed by atoms with van der Waals surface area (Å²) in [6, 6.07) is -0.578. The van der Waals surface area contributed by atoms with Crippen molar-refractivity contribution in [1.29, 1.82) is 0 Å². The molecule has 0 aromatic carbocycles. The number of nitrogens with zero attached hydrogens (tertiary/aromatic N) is 2. The van der Waals surface area contributed by atoms with Gasteiger partial charge in [0.25, 0.3) is 0 Å². The molecule has 2 atom stereocenters. The zero-order valence-electron chi connectivity index (χ0n) is 47.4. The molecule has 0 aliphatic rings. The third-order valence-corrected chi connectivity index (χ3v) is 13.5. The van der Waals surface area contributed by atoms with Gasteiger partial charge in [-0.25, -0.2) is 0 Å². The molecule has 1 N–H and O–H groups in total. The zero-order valence-corrected chi connectivity index (χ0v) is 47.4. The molecule has 11 nitrogen and oxygen atoms in total. The van der Waals surface area contributed by atoms with E-state index in [0.29, 0.717) is 70.9 Å². The van der Waals surface area contributed by atoms with Crippen LogP contribution in [0.1, 0.15) is 260 Å². The number of amides is 2. The van der Waals surface area contributed by atoms with Crippen LogP contribution in [0, 0.1) is 5.92 Å². The molecular formula is C60H113N3O8. The van der Waals surface area contributed by atoms with E-state index in [4.69, 9.17) is 18.9 Å². The number of esters is 2. The van der Waals surface area contributed by atoms with Crippen LogP contribution < -0.4 is 5.32 Å². The van der Waals surface area contributed by atoms with Crippen molar-refractivity contribution in [3.05, 3.63) is 24.3 Å². The molecule has 0 radical (unpaired) electrons. The molecule has 2 amide bonds. The maximum Gasteiger partial charge on any atom is 0.305 e. The fraction of sp³-hybridized carbons (Fsp3) is 0.867. The number of ether oxygens (including phenoxy) is 4. The number of likely N-dealkylation sites (N-methyl/N-ethyl adjacent to an activating group) is 1. The van der Waals surface area contributed by atoms with Crippen LogP contribution in [0.15, 0.2) is 24.3 Å². The molecule has 11 heteroatoms. The van der Waals surface area contributed by atoms with Gasteiger partial charge in [0.2, 0.25) is 11.8 Å². The van der Waals surface area contributed by atoms with E-state index in [1.54, 1.807) is 4.90 Å². The van der Waals surface area contributed by atoms with E-state index in [0.717, 1.165) is 142 Å². The molecule has 0 saturated heterocycles. The van der Waals surface area contributed by atoms with Crippen molar-refractivity contribution in [2.24, 2.45) is 5.92 Å². The smallest absolute Gasteiger partial charge is 0.305 e. The average Bonchev–Trinajstić information content (AvgIpc) is 3.37. The summed E-state index contributed by atoms with van der Waals surface area (Å²) in [5.41, 5.74) is 0. The lowest BCUT2D eigenvalue weighted by Crippen LogP contribution is -2.51. The highest BCUT2D eigenvalue weighted by Crippen LogP contribution is 2.20. The van der Waals surface area contributed by atoms with Gasteiger partial charge < -0.3 is 34.1 Å². The minimum absolute atomic E-state index is 0.0259. The largest absolute Gasteiger partial charge is 0.466 e. The molecule has 0 aliphatic carbocycles. The van der Waals surface area contributed by atoms with Gasteiger partial charge in [0.05, 0.1) is 19.6 Å². The molecule has 0 rings (SSSR count). The highest BCUT2D eigenvalue weighted by Gasteiger charge is 2.29. The average molecular weight is 1000 g/mol. The second-order valence-corrected chi connectivity index (χ2v) is 19.8. The third kappa shape index (κ3) is 42.3. The lowest BCUT2D eigenvalue weighted by Gasteiger charge is -2.32. The van der Waals surface area contributed by atoms with Gasteiger partial charge in [0, 0.05) is 52.1 Å². The first-order valence-corrected chi connectivity index (χ1v) is 29.8. The van der Waals surface area contributed by atoms with Crippen molar-refractivity contribution < 1.29 is 38.1 Å². The Morgan fingerprint density at radius 2 is 1.01 bits per heavy atom. The fourth-order valence-electron chi connectivity index (χ4n) is 8.83. The first-order chi connectivity index (χ1) is 34.7. The Morgan fingerprint density at radius 3 is 1.62 bits per heavy atom. The van der Waals surface area contributed by atoms with E-state index in [2.05, 4.69) is 83.0 Å². The predicted molar refractivity (Wildman–Crippen MR) is 296 cm³/mol. The predicted octanol–water partition coefficient (Wildman–Crippen LogP) is 14.8. The van der Waals surface area contributed by atoms with Gasteiger partial charge in [0.1, 0.15) is 6.04 Å². The second kappa shape index (κ2) is 52.1. The number of hydrogen-bond acceptors (Lipinski definition) is 9. The van der Waals surface area contributed by atoms with Crippen LogP contribution in [-0.4, -0.2) is 105 Å². The number of carbonyl (C=O) groups excluding carboxylic acids is 4. The summed E-state index contributed by atoms with van der Waals surface area (Å²) in [6.45, 7) is 20.5. The van der Waals surface area contributed by atoms with Crippen molar-refractivity contribution in [2.45, 2.75) is 273 Å². The summed E-state index contributed by atoms with van der Waals surface area (Å²) in [4.78, 5) is 58.1. The molecule has 0 spiro atoms. The topological polar surface area (TPSA) is 124 Å². The number of carbonyl (C=O) groups is 4. The molecule has 0 saturated carbocycles. The number of rotatable bonds is 53. The van der Waals surface area contributed by atoms with Gasteiger partial charge in [-0.2, -0.15) is 0 Å². The molecule has 0 aromatic heterocycles. The monoisotopic (exact) mass is 1000 g/mol. The Balaban J connectivity index is 5.56. The maximum atomic E-state index is 14.2. The zero-order chi connectivity index (χ0) is 52.3. The van der Waals surface area contributed by atoms with E-state index in [9.17, 15) is 19.2 Å². The van der Waals surface area contributed by atoms with E-state index in [-0.39, 0.29) is 36.8 Å². The lowest BCUT2D eigenvalue weighted by molar-refractivity contribution is -0.159. The molecule has 0 heterocycles. The lowest BCUT2D eigenvalue weighted by atomic mass is 9.96. The van der Waals surface area contributed by atoms with Crippen LogP contribution in [0.4, 0.5) is 0 Å². The Morgan fingerprint density at radius 1 is 0.479 bits per heavy atom. The Labute approximate surface area is 437 Å². The van der Waals surface area contributed by atoms with Gasteiger partial charge >= 0.3 is 11.9 Å². The quantitative estimate of drug-likeness (QED) is 0.0274. The standard InChI is InChI=1S/C60H113N3O8/c1-8-15-20-24-28-34-42-55(60(67)61-47-49-62(13-6)14-7)63(56(64)43-35-29-27-30-36-44-57(65)71-53-54(40-19-12-5)41-33-23-18-11-4)48-39-52-68-58(66)45-46-59(69-50-37-31-25-21-16-9-2)70-51-38-32-26-22-17-10-3/h16-17,21-22,54-55,59H,8-15,18-20,23-53H2,1-7H3,(H,61,67)/b21-16-,22-17-. The summed E-state index contributed by atoms with van der Waals surface area (Å²) >= 11 is 0. The van der Waals surface area contributed by atoms with Crippen LogP contribution in [0.5, 0.6) is 0 Å². The third-order valence-electron chi connectivity index (χ3n) is 13.5. The summed E-state index contributed by atoms with van der Waals surface area (Å²) < 4.78 is 23.8. The van der Waals surface area contributed by atoms with Crippen molar-refractivity contribution >= 4 is 23.8 Å². The maximum absolute atomic E-state index is 14.2. The van der Waals surface area contributed by atoms with Crippen molar-refractivity contribution in [2.75, 3.05) is 59.2 Å². The van der Waals surface area contributed by atoms with E-state index < -0.39 is 12.3 Å². The first kappa shape index (κ1) is 68.2.